The normalized spacial score (nSPS) is 41.1. The summed E-state index contributed by atoms with van der Waals surface area (Å²) in [5.41, 5.74) is 11.3. The van der Waals surface area contributed by atoms with Crippen molar-refractivity contribution in [2.45, 2.75) is 110 Å². The number of ether oxygens (including phenoxy) is 1. The number of hydrogen-bond acceptors (Lipinski definition) is 5. The van der Waals surface area contributed by atoms with Crippen molar-refractivity contribution in [3.05, 3.63) is 0 Å². The Morgan fingerprint density at radius 1 is 1.00 bits per heavy atom. The highest BCUT2D eigenvalue weighted by molar-refractivity contribution is 8.13. The van der Waals surface area contributed by atoms with Gasteiger partial charge in [-0.1, -0.05) is 45.4 Å². The van der Waals surface area contributed by atoms with Crippen LogP contribution in [0.2, 0.25) is 0 Å². The van der Waals surface area contributed by atoms with Crippen LogP contribution in [0.5, 0.6) is 0 Å². The predicted octanol–water partition coefficient (Wildman–Crippen LogP) is 6.65. The van der Waals surface area contributed by atoms with E-state index in [1.807, 2.05) is 13.4 Å². The molecule has 0 aromatic carbocycles. The summed E-state index contributed by atoms with van der Waals surface area (Å²) < 4.78 is 6.25. The van der Waals surface area contributed by atoms with E-state index in [1.54, 1.807) is 0 Å². The van der Waals surface area contributed by atoms with Crippen molar-refractivity contribution in [3.63, 3.8) is 0 Å². The van der Waals surface area contributed by atoms with Crippen molar-refractivity contribution in [2.24, 2.45) is 57.8 Å². The maximum atomic E-state index is 11.9. The van der Waals surface area contributed by atoms with Crippen LogP contribution in [0.3, 0.4) is 0 Å². The number of unbranched alkanes of at least 4 members (excludes halogenated alkanes) is 1. The summed E-state index contributed by atoms with van der Waals surface area (Å²) in [6.45, 7) is 9.27. The number of nitrogens with two attached hydrogens (primary N) is 2. The molecule has 5 heteroatoms. The van der Waals surface area contributed by atoms with E-state index >= 15 is 0 Å². The number of thioether (sulfide) groups is 1. The minimum atomic E-state index is 0.364. The van der Waals surface area contributed by atoms with Gasteiger partial charge in [0.05, 0.1) is 6.10 Å². The van der Waals surface area contributed by atoms with Crippen molar-refractivity contribution in [1.82, 2.24) is 0 Å². The van der Waals surface area contributed by atoms with Gasteiger partial charge in [-0.25, -0.2) is 0 Å². The molecule has 9 atom stereocenters. The molecule has 0 saturated heterocycles. The lowest BCUT2D eigenvalue weighted by atomic mass is 9.44. The van der Waals surface area contributed by atoms with E-state index in [9.17, 15) is 4.79 Å². The SMILES string of the molecule is COC1CC2CCCCC2(C)C2CCC3(C)C(C(C)CCC(=O)SC)CCC3C12.NCCCCN. The largest absolute Gasteiger partial charge is 0.381 e. The van der Waals surface area contributed by atoms with Crippen LogP contribution in [0, 0.1) is 46.3 Å². The van der Waals surface area contributed by atoms with Crippen molar-refractivity contribution >= 4 is 16.9 Å². The summed E-state index contributed by atoms with van der Waals surface area (Å²) in [4.78, 5) is 11.9. The molecular formula is C30H56N2O2S. The van der Waals surface area contributed by atoms with Crippen LogP contribution in [0.25, 0.3) is 0 Å². The van der Waals surface area contributed by atoms with Gasteiger partial charge < -0.3 is 16.2 Å². The zero-order chi connectivity index (χ0) is 25.6. The highest BCUT2D eigenvalue weighted by atomic mass is 32.2. The molecule has 0 bridgehead atoms. The molecule has 4 saturated carbocycles. The van der Waals surface area contributed by atoms with Crippen molar-refractivity contribution < 1.29 is 9.53 Å². The summed E-state index contributed by atoms with van der Waals surface area (Å²) in [6, 6.07) is 0. The smallest absolute Gasteiger partial charge is 0.188 e. The third-order valence-electron chi connectivity index (χ3n) is 11.3. The topological polar surface area (TPSA) is 78.3 Å². The van der Waals surface area contributed by atoms with Crippen LogP contribution in [0.1, 0.15) is 104 Å². The van der Waals surface area contributed by atoms with Crippen LogP contribution in [-0.4, -0.2) is 37.7 Å². The predicted molar refractivity (Wildman–Crippen MR) is 150 cm³/mol. The van der Waals surface area contributed by atoms with Gasteiger partial charge in [-0.05, 0) is 130 Å². The van der Waals surface area contributed by atoms with Gasteiger partial charge in [0, 0.05) is 13.5 Å². The molecule has 0 aliphatic heterocycles. The lowest BCUT2D eigenvalue weighted by molar-refractivity contribution is -0.172. The number of carbonyl (C=O) groups excluding carboxylic acids is 1. The molecule has 0 heterocycles. The zero-order valence-electron chi connectivity index (χ0n) is 23.5. The fourth-order valence-electron chi connectivity index (χ4n) is 9.39. The molecule has 0 spiro atoms. The molecule has 0 aromatic heterocycles. The Morgan fingerprint density at radius 3 is 2.31 bits per heavy atom. The standard InChI is InChI=1S/C26H44O2S.C4H12N2/c1-17(9-12-23(27)29-5)19-10-11-20-24-21(13-15-26(19,20)3)25(2)14-7-6-8-18(25)16-22(24)28-4;5-3-1-2-4-6/h17-22,24H,6-16H2,1-5H3;1-6H2. The van der Waals surface area contributed by atoms with Crippen molar-refractivity contribution in [2.75, 3.05) is 26.5 Å². The Bertz CT molecular complexity index is 671. The van der Waals surface area contributed by atoms with Gasteiger partial charge in [0.25, 0.3) is 0 Å². The number of methoxy groups -OCH3 is 1. The maximum absolute atomic E-state index is 11.9. The van der Waals surface area contributed by atoms with E-state index in [0.29, 0.717) is 28.0 Å². The minimum Gasteiger partial charge on any atom is -0.381 e. The number of carbonyl (C=O) groups is 1. The highest BCUT2D eigenvalue weighted by Crippen LogP contribution is 2.68. The number of fused-ring (bicyclic) bond motifs is 5. The Labute approximate surface area is 220 Å². The van der Waals surface area contributed by atoms with Crippen LogP contribution in [0.15, 0.2) is 0 Å². The Hall–Kier alpha value is -0.100. The van der Waals surface area contributed by atoms with Gasteiger partial charge in [0.15, 0.2) is 5.12 Å². The first-order valence-corrected chi connectivity index (χ1v) is 16.0. The summed E-state index contributed by atoms with van der Waals surface area (Å²) in [7, 11) is 1.99. The maximum Gasteiger partial charge on any atom is 0.188 e. The molecule has 4 nitrogen and oxygen atoms in total. The summed E-state index contributed by atoms with van der Waals surface area (Å²) in [6.07, 6.45) is 19.0. The summed E-state index contributed by atoms with van der Waals surface area (Å²) >= 11 is 1.40. The molecule has 9 unspecified atom stereocenters. The van der Waals surface area contributed by atoms with Crippen molar-refractivity contribution in [1.29, 1.82) is 0 Å². The molecule has 0 amide bonds. The second kappa shape index (κ2) is 13.1. The molecule has 4 aliphatic carbocycles. The first kappa shape index (κ1) is 29.5. The molecule has 0 radical (unpaired) electrons. The van der Waals surface area contributed by atoms with E-state index in [4.69, 9.17) is 16.2 Å². The van der Waals surface area contributed by atoms with Gasteiger partial charge >= 0.3 is 0 Å². The molecular weight excluding hydrogens is 452 g/mol. The van der Waals surface area contributed by atoms with Crippen LogP contribution in [0.4, 0.5) is 0 Å². The first-order chi connectivity index (χ1) is 16.8. The second-order valence-corrected chi connectivity index (χ2v) is 13.7. The van der Waals surface area contributed by atoms with Crippen LogP contribution < -0.4 is 11.5 Å². The molecule has 35 heavy (non-hydrogen) atoms. The van der Waals surface area contributed by atoms with Gasteiger partial charge in [-0.2, -0.15) is 0 Å². The van der Waals surface area contributed by atoms with Crippen LogP contribution >= 0.6 is 11.8 Å². The molecule has 4 fully saturated rings. The van der Waals surface area contributed by atoms with Crippen molar-refractivity contribution in [3.8, 4) is 0 Å². The zero-order valence-corrected chi connectivity index (χ0v) is 24.3. The lowest BCUT2D eigenvalue weighted by Gasteiger charge is -2.62. The van der Waals surface area contributed by atoms with Crippen LogP contribution in [-0.2, 0) is 9.53 Å². The van der Waals surface area contributed by atoms with E-state index in [2.05, 4.69) is 20.8 Å². The summed E-state index contributed by atoms with van der Waals surface area (Å²) in [5, 5.41) is 0.364. The Kier molecular flexibility index (Phi) is 11.0. The van der Waals surface area contributed by atoms with E-state index in [1.165, 1.54) is 69.5 Å². The quantitative estimate of drug-likeness (QED) is 0.359. The third-order valence-corrected chi connectivity index (χ3v) is 12.0. The first-order valence-electron chi connectivity index (χ1n) is 14.8. The fraction of sp³-hybridized carbons (Fsp3) is 0.967. The van der Waals surface area contributed by atoms with Gasteiger partial charge in [-0.15, -0.1) is 0 Å². The van der Waals surface area contributed by atoms with Gasteiger partial charge in [0.2, 0.25) is 0 Å². The average molecular weight is 509 g/mol. The monoisotopic (exact) mass is 508 g/mol. The Morgan fingerprint density at radius 2 is 1.69 bits per heavy atom. The molecule has 204 valence electrons. The molecule has 0 aromatic rings. The fourth-order valence-corrected chi connectivity index (χ4v) is 9.71. The average Bonchev–Trinajstić information content (AvgIpc) is 3.22. The van der Waals surface area contributed by atoms with Gasteiger partial charge in [-0.3, -0.25) is 4.79 Å². The lowest BCUT2D eigenvalue weighted by Crippen LogP contribution is -2.58. The van der Waals surface area contributed by atoms with E-state index in [-0.39, 0.29) is 0 Å². The molecule has 4 aliphatic rings. The second-order valence-electron chi connectivity index (χ2n) is 12.9. The molecule has 4 N–H and O–H groups in total. The highest BCUT2D eigenvalue weighted by Gasteiger charge is 2.62. The third kappa shape index (κ3) is 6.15. The van der Waals surface area contributed by atoms with E-state index < -0.39 is 0 Å². The number of rotatable bonds is 8. The number of hydrogen-bond donors (Lipinski definition) is 2. The minimum absolute atomic E-state index is 0.364. The van der Waals surface area contributed by atoms with E-state index in [0.717, 1.165) is 68.4 Å². The summed E-state index contributed by atoms with van der Waals surface area (Å²) in [5.74, 6) is 4.81. The Balaban J connectivity index is 0.000000509. The molecule has 4 rings (SSSR count). The van der Waals surface area contributed by atoms with Gasteiger partial charge in [0.1, 0.15) is 0 Å².